The summed E-state index contributed by atoms with van der Waals surface area (Å²) >= 11 is 1.13. The standard InChI is InChI=1S/C15H20N5O4S2/c1-12-4-6-14(7-5-12)26(22,23)24-13(10-21)11-25-15-16-17-18-20(15)9-8-19(2)3/h4-7,13H,8-9,11H2,1-3H3. The highest BCUT2D eigenvalue weighted by atomic mass is 32.2. The fraction of sp³-hybridized carbons (Fsp3) is 0.467. The lowest BCUT2D eigenvalue weighted by molar-refractivity contribution is 0.286. The minimum absolute atomic E-state index is 0.0100. The van der Waals surface area contributed by atoms with Crippen molar-refractivity contribution >= 4 is 28.2 Å². The zero-order valence-corrected chi connectivity index (χ0v) is 16.3. The Hall–Kier alpha value is -1.82. The number of likely N-dealkylation sites (N-methyl/N-ethyl adjacent to an activating group) is 1. The molecule has 9 nitrogen and oxygen atoms in total. The van der Waals surface area contributed by atoms with E-state index in [1.807, 2.05) is 25.9 Å². The number of rotatable bonds is 10. The quantitative estimate of drug-likeness (QED) is 0.418. The summed E-state index contributed by atoms with van der Waals surface area (Å²) in [6, 6.07) is 6.18. The molecule has 1 aromatic carbocycles. The summed E-state index contributed by atoms with van der Waals surface area (Å²) in [6.07, 6.45) is 0.354. The number of aromatic nitrogens is 4. The topological polar surface area (TPSA) is 107 Å². The van der Waals surface area contributed by atoms with Gasteiger partial charge in [-0.3, -0.25) is 8.98 Å². The molecule has 0 aliphatic carbocycles. The molecule has 0 spiro atoms. The summed E-state index contributed by atoms with van der Waals surface area (Å²) in [4.78, 5) is 13.1. The van der Waals surface area contributed by atoms with Crippen LogP contribution in [-0.4, -0.2) is 72.3 Å². The number of tetrazole rings is 1. The molecule has 0 bridgehead atoms. The molecule has 0 aliphatic heterocycles. The number of aryl methyl sites for hydroxylation is 1. The Bertz CT molecular complexity index is 821. The molecule has 0 fully saturated rings. The maximum absolute atomic E-state index is 12.3. The van der Waals surface area contributed by atoms with E-state index in [-0.39, 0.29) is 10.6 Å². The largest absolute Gasteiger partial charge is 0.308 e. The van der Waals surface area contributed by atoms with E-state index in [1.54, 1.807) is 23.1 Å². The molecule has 1 aromatic heterocycles. The van der Waals surface area contributed by atoms with Crippen LogP contribution in [-0.2, 0) is 25.6 Å². The molecule has 1 unspecified atom stereocenters. The average Bonchev–Trinajstić information content (AvgIpc) is 3.04. The van der Waals surface area contributed by atoms with Crippen LogP contribution >= 0.6 is 11.8 Å². The fourth-order valence-corrected chi connectivity index (χ4v) is 3.77. The van der Waals surface area contributed by atoms with Gasteiger partial charge in [0.1, 0.15) is 0 Å². The Balaban J connectivity index is 1.99. The van der Waals surface area contributed by atoms with Crippen molar-refractivity contribution in [3.05, 3.63) is 29.8 Å². The highest BCUT2D eigenvalue weighted by Gasteiger charge is 2.23. The average molecular weight is 398 g/mol. The van der Waals surface area contributed by atoms with Crippen LogP contribution in [0.3, 0.4) is 0 Å². The van der Waals surface area contributed by atoms with Gasteiger partial charge in [-0.05, 0) is 43.6 Å². The molecule has 26 heavy (non-hydrogen) atoms. The lowest BCUT2D eigenvalue weighted by Gasteiger charge is -2.12. The summed E-state index contributed by atoms with van der Waals surface area (Å²) in [7, 11) is -0.194. The zero-order valence-electron chi connectivity index (χ0n) is 14.7. The van der Waals surface area contributed by atoms with Crippen LogP contribution in [0.1, 0.15) is 5.56 Å². The molecule has 0 N–H and O–H groups in total. The van der Waals surface area contributed by atoms with Crippen molar-refractivity contribution in [1.82, 2.24) is 25.1 Å². The first-order chi connectivity index (χ1) is 12.3. The second kappa shape index (κ2) is 9.21. The number of benzene rings is 1. The van der Waals surface area contributed by atoms with Gasteiger partial charge in [0.2, 0.25) is 11.4 Å². The Morgan fingerprint density at radius 3 is 2.62 bits per heavy atom. The van der Waals surface area contributed by atoms with Crippen molar-refractivity contribution in [2.75, 3.05) is 26.4 Å². The van der Waals surface area contributed by atoms with E-state index in [0.29, 0.717) is 11.7 Å². The van der Waals surface area contributed by atoms with Crippen molar-refractivity contribution in [2.24, 2.45) is 0 Å². The van der Waals surface area contributed by atoms with Crippen molar-refractivity contribution in [2.45, 2.75) is 29.6 Å². The van der Waals surface area contributed by atoms with E-state index >= 15 is 0 Å². The van der Waals surface area contributed by atoms with Gasteiger partial charge in [0.15, 0.2) is 6.10 Å². The van der Waals surface area contributed by atoms with E-state index in [1.165, 1.54) is 12.1 Å². The predicted molar refractivity (Wildman–Crippen MR) is 96.0 cm³/mol. The third kappa shape index (κ3) is 5.87. The lowest BCUT2D eigenvalue weighted by atomic mass is 10.2. The van der Waals surface area contributed by atoms with Gasteiger partial charge in [0.05, 0.1) is 11.4 Å². The molecule has 0 aliphatic rings. The molecule has 0 saturated carbocycles. The van der Waals surface area contributed by atoms with Crippen molar-refractivity contribution in [3.63, 3.8) is 0 Å². The van der Waals surface area contributed by atoms with Gasteiger partial charge in [-0.25, -0.2) is 4.68 Å². The zero-order chi connectivity index (χ0) is 19.2. The maximum atomic E-state index is 12.3. The van der Waals surface area contributed by atoms with Crippen molar-refractivity contribution < 1.29 is 17.4 Å². The lowest BCUT2D eigenvalue weighted by Crippen LogP contribution is -2.23. The van der Waals surface area contributed by atoms with Crippen LogP contribution < -0.4 is 0 Å². The number of thioether (sulfide) groups is 1. The summed E-state index contributed by atoms with van der Waals surface area (Å²) in [5, 5.41) is 11.8. The molecule has 1 heterocycles. The molecular formula is C15H20N5O4S2. The molecule has 0 saturated heterocycles. The van der Waals surface area contributed by atoms with E-state index in [9.17, 15) is 13.2 Å². The second-order valence-electron chi connectivity index (χ2n) is 5.77. The Labute approximate surface area is 156 Å². The van der Waals surface area contributed by atoms with Gasteiger partial charge in [0, 0.05) is 12.3 Å². The number of hydrogen-bond donors (Lipinski definition) is 0. The highest BCUT2D eigenvalue weighted by molar-refractivity contribution is 7.99. The number of hydrogen-bond acceptors (Lipinski definition) is 9. The Kier molecular flexibility index (Phi) is 7.26. The molecule has 141 valence electrons. The third-order valence-corrected chi connectivity index (χ3v) is 5.66. The van der Waals surface area contributed by atoms with Gasteiger partial charge in [-0.1, -0.05) is 29.5 Å². The first kappa shape index (κ1) is 20.5. The number of nitrogens with zero attached hydrogens (tertiary/aromatic N) is 5. The maximum Gasteiger partial charge on any atom is 0.297 e. The van der Waals surface area contributed by atoms with Crippen LogP contribution in [0.25, 0.3) is 0 Å². The number of carbonyl (C=O) groups excluding carboxylic acids is 1. The van der Waals surface area contributed by atoms with E-state index in [4.69, 9.17) is 4.18 Å². The highest BCUT2D eigenvalue weighted by Crippen LogP contribution is 2.19. The molecular weight excluding hydrogens is 378 g/mol. The monoisotopic (exact) mass is 398 g/mol. The molecule has 1 atom stereocenters. The van der Waals surface area contributed by atoms with E-state index in [0.717, 1.165) is 23.9 Å². The summed E-state index contributed by atoms with van der Waals surface area (Å²) in [5.74, 6) is 0.0247. The molecule has 2 aromatic rings. The van der Waals surface area contributed by atoms with Gasteiger partial charge in [-0.2, -0.15) is 8.42 Å². The second-order valence-corrected chi connectivity index (χ2v) is 8.33. The van der Waals surface area contributed by atoms with Crippen LogP contribution in [0.2, 0.25) is 0 Å². The van der Waals surface area contributed by atoms with Crippen molar-refractivity contribution in [1.29, 1.82) is 0 Å². The molecule has 0 amide bonds. The molecule has 11 heteroatoms. The van der Waals surface area contributed by atoms with Crippen LogP contribution in [0.4, 0.5) is 0 Å². The normalized spacial score (nSPS) is 13.1. The Morgan fingerprint density at radius 2 is 2.00 bits per heavy atom. The van der Waals surface area contributed by atoms with E-state index < -0.39 is 16.2 Å². The van der Waals surface area contributed by atoms with Crippen molar-refractivity contribution in [3.8, 4) is 0 Å². The molecule has 1 radical (unpaired) electrons. The molecule has 2 rings (SSSR count). The van der Waals surface area contributed by atoms with Gasteiger partial charge in [-0.15, -0.1) is 5.10 Å². The van der Waals surface area contributed by atoms with Crippen LogP contribution in [0.5, 0.6) is 0 Å². The minimum atomic E-state index is -4.05. The van der Waals surface area contributed by atoms with Gasteiger partial charge < -0.3 is 4.90 Å². The first-order valence-electron chi connectivity index (χ1n) is 7.73. The first-order valence-corrected chi connectivity index (χ1v) is 10.1. The SMILES string of the molecule is Cc1ccc(S(=O)(=O)OC([C]=O)CSc2nnnn2CCN(C)C)cc1. The van der Waals surface area contributed by atoms with Crippen LogP contribution in [0, 0.1) is 6.92 Å². The predicted octanol–water partition coefficient (Wildman–Crippen LogP) is 0.519. The van der Waals surface area contributed by atoms with Gasteiger partial charge >= 0.3 is 0 Å². The fourth-order valence-electron chi connectivity index (χ4n) is 1.88. The third-order valence-electron chi connectivity index (χ3n) is 3.31. The van der Waals surface area contributed by atoms with E-state index in [2.05, 4.69) is 15.5 Å². The Morgan fingerprint density at radius 1 is 1.31 bits per heavy atom. The minimum Gasteiger partial charge on any atom is -0.308 e. The van der Waals surface area contributed by atoms with Crippen LogP contribution in [0.15, 0.2) is 34.3 Å². The summed E-state index contributed by atoms with van der Waals surface area (Å²) in [6.45, 7) is 3.15. The summed E-state index contributed by atoms with van der Waals surface area (Å²) < 4.78 is 31.1. The smallest absolute Gasteiger partial charge is 0.297 e. The van der Waals surface area contributed by atoms with Gasteiger partial charge in [0.25, 0.3) is 10.1 Å². The summed E-state index contributed by atoms with van der Waals surface area (Å²) in [5.41, 5.74) is 0.919.